The number of benzene rings is 5. The van der Waals surface area contributed by atoms with E-state index in [-0.39, 0.29) is 5.91 Å². The monoisotopic (exact) mass is 451 g/mol. The van der Waals surface area contributed by atoms with Crippen molar-refractivity contribution in [1.82, 2.24) is 0 Å². The zero-order valence-electron chi connectivity index (χ0n) is 16.1. The summed E-state index contributed by atoms with van der Waals surface area (Å²) in [6.45, 7) is 0. The molecule has 1 N–H and O–H groups in total. The summed E-state index contributed by atoms with van der Waals surface area (Å²) >= 11 is 3.46. The van der Waals surface area contributed by atoms with Crippen LogP contribution in [0.4, 0.5) is 5.69 Å². The third-order valence-electron chi connectivity index (χ3n) is 5.32. The molecular weight excluding hydrogens is 434 g/mol. The highest BCUT2D eigenvalue weighted by Gasteiger charge is 2.18. The number of hydrogen-bond donors (Lipinski definition) is 1. The Morgan fingerprint density at radius 1 is 0.633 bits per heavy atom. The van der Waals surface area contributed by atoms with E-state index in [9.17, 15) is 4.79 Å². The van der Waals surface area contributed by atoms with Crippen LogP contribution in [0.5, 0.6) is 0 Å². The molecule has 5 rings (SSSR count). The van der Waals surface area contributed by atoms with E-state index in [1.165, 1.54) is 5.39 Å². The van der Waals surface area contributed by atoms with Crippen molar-refractivity contribution in [2.45, 2.75) is 0 Å². The van der Waals surface area contributed by atoms with Crippen LogP contribution < -0.4 is 5.32 Å². The van der Waals surface area contributed by atoms with E-state index in [0.29, 0.717) is 5.56 Å². The number of rotatable bonds is 3. The van der Waals surface area contributed by atoms with E-state index >= 15 is 0 Å². The summed E-state index contributed by atoms with van der Waals surface area (Å²) in [6, 6.07) is 34.3. The summed E-state index contributed by atoms with van der Waals surface area (Å²) in [6.07, 6.45) is 0. The fraction of sp³-hybridized carbons (Fsp3) is 0. The van der Waals surface area contributed by atoms with E-state index in [1.807, 2.05) is 60.7 Å². The predicted molar refractivity (Wildman–Crippen MR) is 129 cm³/mol. The first-order valence-corrected chi connectivity index (χ1v) is 10.6. The van der Waals surface area contributed by atoms with Gasteiger partial charge < -0.3 is 5.32 Å². The maximum atomic E-state index is 13.2. The first kappa shape index (κ1) is 18.6. The normalized spacial score (nSPS) is 11.0. The van der Waals surface area contributed by atoms with Gasteiger partial charge in [0.1, 0.15) is 0 Å². The number of halogens is 1. The Morgan fingerprint density at radius 2 is 1.23 bits per heavy atom. The lowest BCUT2D eigenvalue weighted by molar-refractivity contribution is 0.102. The van der Waals surface area contributed by atoms with Gasteiger partial charge >= 0.3 is 0 Å². The Balaban J connectivity index is 1.82. The van der Waals surface area contributed by atoms with Gasteiger partial charge in [0.2, 0.25) is 0 Å². The van der Waals surface area contributed by atoms with E-state index < -0.39 is 0 Å². The molecule has 144 valence electrons. The highest BCUT2D eigenvalue weighted by atomic mass is 79.9. The zero-order valence-corrected chi connectivity index (χ0v) is 17.7. The van der Waals surface area contributed by atoms with Crippen molar-refractivity contribution in [3.8, 4) is 11.1 Å². The fourth-order valence-corrected chi connectivity index (χ4v) is 4.39. The summed E-state index contributed by atoms with van der Waals surface area (Å²) in [4.78, 5) is 13.2. The van der Waals surface area contributed by atoms with Crippen LogP contribution in [0.25, 0.3) is 32.7 Å². The van der Waals surface area contributed by atoms with Gasteiger partial charge in [-0.1, -0.05) is 101 Å². The maximum absolute atomic E-state index is 13.2. The number of fused-ring (bicyclic) bond motifs is 3. The molecule has 0 fully saturated rings. The second-order valence-electron chi connectivity index (χ2n) is 7.17. The number of anilines is 1. The molecule has 5 aromatic rings. The second kappa shape index (κ2) is 7.77. The van der Waals surface area contributed by atoms with E-state index in [1.54, 1.807) is 0 Å². The van der Waals surface area contributed by atoms with Crippen LogP contribution in [0.3, 0.4) is 0 Å². The van der Waals surface area contributed by atoms with Crippen LogP contribution in [-0.4, -0.2) is 5.91 Å². The first-order chi connectivity index (χ1) is 14.7. The molecule has 0 bridgehead atoms. The van der Waals surface area contributed by atoms with Gasteiger partial charge in [-0.3, -0.25) is 4.79 Å². The summed E-state index contributed by atoms with van der Waals surface area (Å²) in [5, 5.41) is 7.67. The maximum Gasteiger partial charge on any atom is 0.255 e. The first-order valence-electron chi connectivity index (χ1n) is 9.78. The molecule has 0 aliphatic carbocycles. The smallest absolute Gasteiger partial charge is 0.255 e. The molecule has 0 spiro atoms. The van der Waals surface area contributed by atoms with Crippen molar-refractivity contribution in [3.63, 3.8) is 0 Å². The molecule has 0 saturated carbocycles. The Hall–Kier alpha value is -3.43. The van der Waals surface area contributed by atoms with Crippen LogP contribution in [-0.2, 0) is 0 Å². The standard InChI is InChI=1S/C27H18BrNO/c28-20-12-8-11-19(17-20)27(30)29-26-24-16-7-5-14-22(24)21-13-4-6-15-23(21)25(26)18-9-2-1-3-10-18/h1-17H,(H,29,30). The Kier molecular flexibility index (Phi) is 4.82. The molecule has 3 heteroatoms. The Morgan fingerprint density at radius 3 is 1.93 bits per heavy atom. The number of carbonyl (C=O) groups is 1. The zero-order chi connectivity index (χ0) is 20.5. The molecule has 0 unspecified atom stereocenters. The topological polar surface area (TPSA) is 29.1 Å². The number of nitrogens with one attached hydrogen (secondary N) is 1. The highest BCUT2D eigenvalue weighted by Crippen LogP contribution is 2.42. The SMILES string of the molecule is O=C(Nc1c(-c2ccccc2)c2ccccc2c2ccccc12)c1cccc(Br)c1. The molecule has 0 heterocycles. The predicted octanol–water partition coefficient (Wildman–Crippen LogP) is 7.67. The summed E-state index contributed by atoms with van der Waals surface area (Å²) < 4.78 is 0.877. The van der Waals surface area contributed by atoms with E-state index in [0.717, 1.165) is 37.4 Å². The molecule has 0 aliphatic heterocycles. The minimum Gasteiger partial charge on any atom is -0.321 e. The van der Waals surface area contributed by atoms with E-state index in [2.05, 4.69) is 63.7 Å². The molecule has 0 aliphatic rings. The number of amides is 1. The van der Waals surface area contributed by atoms with Gasteiger partial charge in [0.15, 0.2) is 0 Å². The van der Waals surface area contributed by atoms with Crippen molar-refractivity contribution in [2.75, 3.05) is 5.32 Å². The summed E-state index contributed by atoms with van der Waals surface area (Å²) in [5.41, 5.74) is 3.55. The largest absolute Gasteiger partial charge is 0.321 e. The van der Waals surface area contributed by atoms with Crippen LogP contribution in [0.15, 0.2) is 108 Å². The van der Waals surface area contributed by atoms with Crippen molar-refractivity contribution in [3.05, 3.63) is 113 Å². The molecule has 1 amide bonds. The summed E-state index contributed by atoms with van der Waals surface area (Å²) in [5.74, 6) is -0.131. The molecule has 0 saturated heterocycles. The van der Waals surface area contributed by atoms with Gasteiger partial charge in [-0.25, -0.2) is 0 Å². The molecule has 2 nitrogen and oxygen atoms in total. The average Bonchev–Trinajstić information content (AvgIpc) is 2.80. The lowest BCUT2D eigenvalue weighted by Crippen LogP contribution is -2.13. The van der Waals surface area contributed by atoms with Gasteiger partial charge in [0, 0.05) is 21.0 Å². The van der Waals surface area contributed by atoms with Gasteiger partial charge in [0.05, 0.1) is 5.69 Å². The molecule has 0 atom stereocenters. The fourth-order valence-electron chi connectivity index (χ4n) is 3.99. The van der Waals surface area contributed by atoms with Gasteiger partial charge in [-0.15, -0.1) is 0 Å². The van der Waals surface area contributed by atoms with Gasteiger partial charge in [0.25, 0.3) is 5.91 Å². The quantitative estimate of drug-likeness (QED) is 0.280. The van der Waals surface area contributed by atoms with Crippen molar-refractivity contribution < 1.29 is 4.79 Å². The second-order valence-corrected chi connectivity index (χ2v) is 8.09. The third kappa shape index (κ3) is 3.27. The van der Waals surface area contributed by atoms with Crippen LogP contribution in [0.2, 0.25) is 0 Å². The number of carbonyl (C=O) groups excluding carboxylic acids is 1. The minimum absolute atomic E-state index is 0.131. The molecule has 30 heavy (non-hydrogen) atoms. The Bertz CT molecular complexity index is 1390. The van der Waals surface area contributed by atoms with Crippen LogP contribution in [0, 0.1) is 0 Å². The van der Waals surface area contributed by atoms with Crippen LogP contribution >= 0.6 is 15.9 Å². The molecule has 5 aromatic carbocycles. The van der Waals surface area contributed by atoms with E-state index in [4.69, 9.17) is 0 Å². The van der Waals surface area contributed by atoms with Crippen molar-refractivity contribution in [1.29, 1.82) is 0 Å². The Labute approximate surface area is 183 Å². The van der Waals surface area contributed by atoms with Crippen molar-refractivity contribution >= 4 is 49.1 Å². The lowest BCUT2D eigenvalue weighted by atomic mass is 9.91. The number of hydrogen-bond acceptors (Lipinski definition) is 1. The van der Waals surface area contributed by atoms with Gasteiger partial charge in [-0.05, 0) is 39.9 Å². The minimum atomic E-state index is -0.131. The van der Waals surface area contributed by atoms with Gasteiger partial charge in [-0.2, -0.15) is 0 Å². The highest BCUT2D eigenvalue weighted by molar-refractivity contribution is 9.10. The molecule has 0 radical (unpaired) electrons. The molecule has 0 aromatic heterocycles. The summed E-state index contributed by atoms with van der Waals surface area (Å²) in [7, 11) is 0. The average molecular weight is 452 g/mol. The third-order valence-corrected chi connectivity index (χ3v) is 5.81. The van der Waals surface area contributed by atoms with Crippen molar-refractivity contribution in [2.24, 2.45) is 0 Å². The lowest BCUT2D eigenvalue weighted by Gasteiger charge is -2.18. The van der Waals surface area contributed by atoms with Crippen LogP contribution in [0.1, 0.15) is 10.4 Å². The molecular formula is C27H18BrNO.